The summed E-state index contributed by atoms with van der Waals surface area (Å²) in [5.74, 6) is 0. The molecule has 1 aromatic carbocycles. The van der Waals surface area contributed by atoms with Crippen LogP contribution in [0, 0.1) is 0 Å². The summed E-state index contributed by atoms with van der Waals surface area (Å²) in [6, 6.07) is 4.95. The van der Waals surface area contributed by atoms with Crippen molar-refractivity contribution in [1.82, 2.24) is 0 Å². The van der Waals surface area contributed by atoms with Crippen LogP contribution in [0.1, 0.15) is 5.56 Å². The van der Waals surface area contributed by atoms with Gasteiger partial charge in [-0.25, -0.2) is 0 Å². The van der Waals surface area contributed by atoms with Crippen LogP contribution in [0.4, 0.5) is 11.4 Å². The van der Waals surface area contributed by atoms with E-state index in [9.17, 15) is 0 Å². The Morgan fingerprint density at radius 1 is 1.21 bits per heavy atom. The molecule has 0 radical (unpaired) electrons. The second-order valence-electron chi connectivity index (χ2n) is 2.37. The van der Waals surface area contributed by atoms with Gasteiger partial charge in [0.2, 0.25) is 0 Å². The monoisotopic (exact) mass is 189 g/mol. The molecule has 14 heavy (non-hydrogen) atoms. The van der Waals surface area contributed by atoms with E-state index in [0.717, 1.165) is 0 Å². The van der Waals surface area contributed by atoms with Crippen molar-refractivity contribution in [3.63, 3.8) is 0 Å². The number of nitrogens with zero attached hydrogens (tertiary/aromatic N) is 6. The summed E-state index contributed by atoms with van der Waals surface area (Å²) in [6.07, 6.45) is 0. The van der Waals surface area contributed by atoms with Crippen LogP contribution >= 0.6 is 0 Å². The molecule has 0 heterocycles. The standard InChI is InChI=1S/C7H7N7/c8-4-5-2-1-3-6(11-13-9)7(5)12-14-10/h1-3H,4,8H2. The molecule has 0 spiro atoms. The highest BCUT2D eigenvalue weighted by Gasteiger charge is 2.03. The van der Waals surface area contributed by atoms with E-state index in [-0.39, 0.29) is 17.9 Å². The number of nitrogens with two attached hydrogens (primary N) is 1. The molecule has 1 aromatic rings. The third-order valence-electron chi connectivity index (χ3n) is 1.62. The predicted octanol–water partition coefficient (Wildman–Crippen LogP) is 3.03. The topological polar surface area (TPSA) is 124 Å². The maximum absolute atomic E-state index is 8.32. The van der Waals surface area contributed by atoms with Crippen LogP contribution in [0.3, 0.4) is 0 Å². The molecule has 0 unspecified atom stereocenters. The van der Waals surface area contributed by atoms with Crippen molar-refractivity contribution >= 4 is 11.4 Å². The first-order valence-corrected chi connectivity index (χ1v) is 3.75. The molecule has 0 atom stereocenters. The van der Waals surface area contributed by atoms with Gasteiger partial charge in [-0.15, -0.1) is 0 Å². The number of hydrogen-bond acceptors (Lipinski definition) is 3. The van der Waals surface area contributed by atoms with Gasteiger partial charge < -0.3 is 5.73 Å². The summed E-state index contributed by atoms with van der Waals surface area (Å²) in [7, 11) is 0. The van der Waals surface area contributed by atoms with Gasteiger partial charge in [0.1, 0.15) is 0 Å². The minimum Gasteiger partial charge on any atom is -0.326 e. The Bertz CT molecular complexity index is 426. The SMILES string of the molecule is [N-]=[N+]=Nc1cccc(CN)c1N=[N+]=[N-]. The molecule has 0 fully saturated rings. The molecule has 70 valence electrons. The molecule has 0 aliphatic carbocycles. The van der Waals surface area contributed by atoms with E-state index in [1.807, 2.05) is 0 Å². The predicted molar refractivity (Wildman–Crippen MR) is 51.9 cm³/mol. The Morgan fingerprint density at radius 3 is 2.50 bits per heavy atom. The first-order chi connectivity index (χ1) is 6.83. The fraction of sp³-hybridized carbons (Fsp3) is 0.143. The van der Waals surface area contributed by atoms with E-state index in [1.165, 1.54) is 0 Å². The Morgan fingerprint density at radius 2 is 1.93 bits per heavy atom. The Labute approximate surface area is 79.4 Å². The van der Waals surface area contributed by atoms with E-state index in [1.54, 1.807) is 18.2 Å². The Kier molecular flexibility index (Phi) is 3.34. The molecule has 0 saturated heterocycles. The van der Waals surface area contributed by atoms with Gasteiger partial charge in [-0.2, -0.15) is 0 Å². The van der Waals surface area contributed by atoms with Gasteiger partial charge in [-0.3, -0.25) is 0 Å². The summed E-state index contributed by atoms with van der Waals surface area (Å²) in [5.41, 5.74) is 23.2. The van der Waals surface area contributed by atoms with Gasteiger partial charge in [-0.05, 0) is 16.6 Å². The van der Waals surface area contributed by atoms with Crippen molar-refractivity contribution < 1.29 is 0 Å². The summed E-state index contributed by atoms with van der Waals surface area (Å²) in [6.45, 7) is 0.225. The average molecular weight is 189 g/mol. The van der Waals surface area contributed by atoms with Crippen molar-refractivity contribution in [2.24, 2.45) is 16.0 Å². The maximum atomic E-state index is 8.32. The highest BCUT2D eigenvalue weighted by Crippen LogP contribution is 2.31. The Balaban J connectivity index is 3.41. The number of rotatable bonds is 3. The van der Waals surface area contributed by atoms with Gasteiger partial charge >= 0.3 is 0 Å². The lowest BCUT2D eigenvalue weighted by molar-refractivity contribution is 1.06. The quantitative estimate of drug-likeness (QED) is 0.438. The fourth-order valence-electron chi connectivity index (χ4n) is 1.03. The second kappa shape index (κ2) is 4.74. The molecule has 1 rings (SSSR count). The van der Waals surface area contributed by atoms with Gasteiger partial charge in [0.05, 0.1) is 5.69 Å². The number of azide groups is 2. The van der Waals surface area contributed by atoms with Crippen molar-refractivity contribution in [2.75, 3.05) is 0 Å². The summed E-state index contributed by atoms with van der Waals surface area (Å²) >= 11 is 0. The van der Waals surface area contributed by atoms with Gasteiger partial charge in [0.15, 0.2) is 0 Å². The second-order valence-corrected chi connectivity index (χ2v) is 2.37. The number of hydrogen-bond donors (Lipinski definition) is 1. The largest absolute Gasteiger partial charge is 0.326 e. The average Bonchev–Trinajstić information content (AvgIpc) is 2.21. The summed E-state index contributed by atoms with van der Waals surface area (Å²) < 4.78 is 0. The third kappa shape index (κ3) is 1.94. The molecule has 0 aliphatic rings. The summed E-state index contributed by atoms with van der Waals surface area (Å²) in [4.78, 5) is 5.27. The van der Waals surface area contributed by atoms with Crippen LogP contribution in [0.15, 0.2) is 28.4 Å². The first kappa shape index (κ1) is 9.88. The van der Waals surface area contributed by atoms with E-state index in [0.29, 0.717) is 5.56 Å². The van der Waals surface area contributed by atoms with E-state index in [4.69, 9.17) is 16.8 Å². The normalized spacial score (nSPS) is 8.64. The number of benzene rings is 1. The minimum atomic E-state index is 0.225. The van der Waals surface area contributed by atoms with E-state index < -0.39 is 0 Å². The molecular weight excluding hydrogens is 182 g/mol. The highest BCUT2D eigenvalue weighted by atomic mass is 15.2. The van der Waals surface area contributed by atoms with Crippen LogP contribution in [-0.2, 0) is 6.54 Å². The van der Waals surface area contributed by atoms with Crippen LogP contribution in [0.5, 0.6) is 0 Å². The zero-order valence-corrected chi connectivity index (χ0v) is 7.20. The highest BCUT2D eigenvalue weighted by molar-refractivity contribution is 5.65. The molecule has 0 saturated carbocycles. The molecule has 0 bridgehead atoms. The molecule has 2 N–H and O–H groups in total. The molecular formula is C7H7N7. The minimum absolute atomic E-state index is 0.225. The fourth-order valence-corrected chi connectivity index (χ4v) is 1.03. The van der Waals surface area contributed by atoms with Crippen molar-refractivity contribution in [3.05, 3.63) is 44.6 Å². The first-order valence-electron chi connectivity index (χ1n) is 3.75. The van der Waals surface area contributed by atoms with Gasteiger partial charge in [0.25, 0.3) is 0 Å². The maximum Gasteiger partial charge on any atom is 0.0515 e. The lowest BCUT2D eigenvalue weighted by atomic mass is 10.1. The van der Waals surface area contributed by atoms with Crippen LogP contribution in [-0.4, -0.2) is 0 Å². The molecule has 0 aromatic heterocycles. The van der Waals surface area contributed by atoms with E-state index >= 15 is 0 Å². The van der Waals surface area contributed by atoms with Gasteiger partial charge in [0, 0.05) is 22.1 Å². The van der Waals surface area contributed by atoms with Crippen LogP contribution < -0.4 is 5.73 Å². The molecule has 0 aliphatic heterocycles. The molecule has 7 nitrogen and oxygen atoms in total. The smallest absolute Gasteiger partial charge is 0.0515 e. The zero-order valence-electron chi connectivity index (χ0n) is 7.20. The van der Waals surface area contributed by atoms with Crippen molar-refractivity contribution in [3.8, 4) is 0 Å². The summed E-state index contributed by atoms with van der Waals surface area (Å²) in [5, 5.41) is 6.83. The lowest BCUT2D eigenvalue weighted by Gasteiger charge is -2.03. The third-order valence-corrected chi connectivity index (χ3v) is 1.62. The lowest BCUT2D eigenvalue weighted by Crippen LogP contribution is -1.95. The molecule has 0 amide bonds. The zero-order chi connectivity index (χ0) is 10.4. The molecule has 7 heteroatoms. The van der Waals surface area contributed by atoms with Crippen molar-refractivity contribution in [2.45, 2.75) is 6.54 Å². The Hall–Kier alpha value is -2.20. The van der Waals surface area contributed by atoms with Gasteiger partial charge in [-0.1, -0.05) is 28.4 Å². The van der Waals surface area contributed by atoms with Crippen molar-refractivity contribution in [1.29, 1.82) is 0 Å². The van der Waals surface area contributed by atoms with Crippen LogP contribution in [0.2, 0.25) is 0 Å². The van der Waals surface area contributed by atoms with E-state index in [2.05, 4.69) is 20.1 Å². The van der Waals surface area contributed by atoms with Crippen LogP contribution in [0.25, 0.3) is 20.9 Å².